The first-order valence-corrected chi connectivity index (χ1v) is 6.08. The lowest BCUT2D eigenvalue weighted by Crippen LogP contribution is -2.51. The third-order valence-electron chi connectivity index (χ3n) is 2.40. The summed E-state index contributed by atoms with van der Waals surface area (Å²) in [5, 5.41) is 7.50. The van der Waals surface area contributed by atoms with E-state index >= 15 is 0 Å². The summed E-state index contributed by atoms with van der Waals surface area (Å²) >= 11 is 0. The summed E-state index contributed by atoms with van der Waals surface area (Å²) in [4.78, 5) is 0. The van der Waals surface area contributed by atoms with Crippen molar-refractivity contribution in [1.29, 1.82) is 0 Å². The molecule has 0 amide bonds. The lowest BCUT2D eigenvalue weighted by Gasteiger charge is -2.37. The zero-order valence-electron chi connectivity index (χ0n) is 7.87. The highest BCUT2D eigenvalue weighted by Crippen LogP contribution is 2.22. The summed E-state index contributed by atoms with van der Waals surface area (Å²) < 4.78 is 25.9. The van der Waals surface area contributed by atoms with Gasteiger partial charge in [0.05, 0.1) is 18.0 Å². The second-order valence-electron chi connectivity index (χ2n) is 3.25. The van der Waals surface area contributed by atoms with E-state index in [1.807, 2.05) is 0 Å². The molecule has 78 valence electrons. The molecule has 2 rings (SSSR count). The van der Waals surface area contributed by atoms with Gasteiger partial charge in [-0.3, -0.25) is 0 Å². The van der Waals surface area contributed by atoms with Crippen molar-refractivity contribution in [3.63, 3.8) is 0 Å². The van der Waals surface area contributed by atoms with Crippen LogP contribution in [0.4, 0.5) is 0 Å². The van der Waals surface area contributed by atoms with Gasteiger partial charge in [-0.1, -0.05) is 5.21 Å². The third kappa shape index (κ3) is 1.53. The smallest absolute Gasteiger partial charge is 0.213 e. The van der Waals surface area contributed by atoms with E-state index in [2.05, 4.69) is 10.3 Å². The second-order valence-corrected chi connectivity index (χ2v) is 5.51. The van der Waals surface area contributed by atoms with Gasteiger partial charge >= 0.3 is 0 Å². The lowest BCUT2D eigenvalue weighted by atomic mass is 10.2. The van der Waals surface area contributed by atoms with E-state index in [1.165, 1.54) is 4.31 Å². The van der Waals surface area contributed by atoms with Crippen LogP contribution < -0.4 is 0 Å². The Balaban J connectivity index is 1.98. The molecule has 0 saturated carbocycles. The van der Waals surface area contributed by atoms with Crippen molar-refractivity contribution in [3.05, 3.63) is 12.4 Å². The average molecular weight is 216 g/mol. The van der Waals surface area contributed by atoms with Gasteiger partial charge in [-0.15, -0.1) is 5.10 Å². The topological polar surface area (TPSA) is 68.1 Å². The maximum atomic E-state index is 11.4. The van der Waals surface area contributed by atoms with Crippen LogP contribution in [0.1, 0.15) is 13.0 Å². The molecule has 14 heavy (non-hydrogen) atoms. The molecule has 7 heteroatoms. The molecule has 1 aromatic rings. The minimum absolute atomic E-state index is 0.152. The Morgan fingerprint density at radius 2 is 2.21 bits per heavy atom. The Labute approximate surface area is 82.6 Å². The van der Waals surface area contributed by atoms with Gasteiger partial charge in [0, 0.05) is 19.3 Å². The summed E-state index contributed by atoms with van der Waals surface area (Å²) in [5.41, 5.74) is 0. The highest BCUT2D eigenvalue weighted by molar-refractivity contribution is 7.89. The van der Waals surface area contributed by atoms with Gasteiger partial charge in [-0.25, -0.2) is 13.1 Å². The van der Waals surface area contributed by atoms with Crippen molar-refractivity contribution in [3.8, 4) is 0 Å². The SMILES string of the molecule is CCS(=O)(=O)N1CC(n2ccnn2)C1. The first kappa shape index (κ1) is 9.60. The van der Waals surface area contributed by atoms with Crippen molar-refractivity contribution >= 4 is 10.0 Å². The molecule has 1 aromatic heterocycles. The van der Waals surface area contributed by atoms with Crippen LogP contribution in [0, 0.1) is 0 Å². The van der Waals surface area contributed by atoms with E-state index in [0.717, 1.165) is 0 Å². The van der Waals surface area contributed by atoms with E-state index in [4.69, 9.17) is 0 Å². The molecule has 0 spiro atoms. The third-order valence-corrected chi connectivity index (χ3v) is 4.22. The normalized spacial score (nSPS) is 19.5. The molecule has 1 aliphatic heterocycles. The lowest BCUT2D eigenvalue weighted by molar-refractivity contribution is 0.189. The number of rotatable bonds is 3. The molecule has 1 fully saturated rings. The predicted molar refractivity (Wildman–Crippen MR) is 50.1 cm³/mol. The first-order valence-electron chi connectivity index (χ1n) is 4.47. The minimum atomic E-state index is -3.01. The molecule has 0 radical (unpaired) electrons. The van der Waals surface area contributed by atoms with Gasteiger partial charge < -0.3 is 0 Å². The quantitative estimate of drug-likeness (QED) is 0.682. The van der Waals surface area contributed by atoms with Gasteiger partial charge in [-0.05, 0) is 6.92 Å². The molecule has 0 N–H and O–H groups in total. The zero-order valence-corrected chi connectivity index (χ0v) is 8.68. The van der Waals surface area contributed by atoms with Crippen LogP contribution in [-0.4, -0.2) is 46.6 Å². The van der Waals surface area contributed by atoms with Gasteiger partial charge in [0.25, 0.3) is 0 Å². The van der Waals surface area contributed by atoms with E-state index in [1.54, 1.807) is 24.0 Å². The fraction of sp³-hybridized carbons (Fsp3) is 0.714. The Bertz CT molecular complexity index is 393. The monoisotopic (exact) mass is 216 g/mol. The molecular weight excluding hydrogens is 204 g/mol. The van der Waals surface area contributed by atoms with Crippen LogP contribution in [0.15, 0.2) is 12.4 Å². The highest BCUT2D eigenvalue weighted by Gasteiger charge is 2.35. The van der Waals surface area contributed by atoms with Gasteiger partial charge in [0.15, 0.2) is 0 Å². The molecule has 0 bridgehead atoms. The van der Waals surface area contributed by atoms with Gasteiger partial charge in [0.2, 0.25) is 10.0 Å². The Kier molecular flexibility index (Phi) is 2.28. The maximum absolute atomic E-state index is 11.4. The zero-order chi connectivity index (χ0) is 10.2. The van der Waals surface area contributed by atoms with Crippen molar-refractivity contribution in [1.82, 2.24) is 19.3 Å². The summed E-state index contributed by atoms with van der Waals surface area (Å²) in [5.74, 6) is 0.164. The number of sulfonamides is 1. The summed E-state index contributed by atoms with van der Waals surface area (Å²) in [6, 6.07) is 0.152. The van der Waals surface area contributed by atoms with Crippen molar-refractivity contribution in [2.24, 2.45) is 0 Å². The van der Waals surface area contributed by atoms with Gasteiger partial charge in [0.1, 0.15) is 0 Å². The van der Waals surface area contributed by atoms with E-state index in [-0.39, 0.29) is 11.8 Å². The molecule has 0 unspecified atom stereocenters. The van der Waals surface area contributed by atoms with Crippen LogP contribution in [0.25, 0.3) is 0 Å². The second kappa shape index (κ2) is 3.32. The summed E-state index contributed by atoms with van der Waals surface area (Å²) in [7, 11) is -3.01. The molecule has 0 aromatic carbocycles. The fourth-order valence-corrected chi connectivity index (χ4v) is 2.57. The number of aromatic nitrogens is 3. The van der Waals surface area contributed by atoms with Crippen molar-refractivity contribution in [2.75, 3.05) is 18.8 Å². The maximum Gasteiger partial charge on any atom is 0.213 e. The summed E-state index contributed by atoms with van der Waals surface area (Å²) in [6.45, 7) is 2.68. The predicted octanol–water partition coefficient (Wildman–Crippen LogP) is -0.516. The van der Waals surface area contributed by atoms with Crippen LogP contribution in [0.5, 0.6) is 0 Å². The van der Waals surface area contributed by atoms with Gasteiger partial charge in [-0.2, -0.15) is 4.31 Å². The molecular formula is C7H12N4O2S. The van der Waals surface area contributed by atoms with E-state index < -0.39 is 10.0 Å². The minimum Gasteiger partial charge on any atom is -0.247 e. The Morgan fingerprint density at radius 3 is 2.71 bits per heavy atom. The summed E-state index contributed by atoms with van der Waals surface area (Å²) in [6.07, 6.45) is 3.34. The molecule has 1 saturated heterocycles. The number of hydrogen-bond acceptors (Lipinski definition) is 4. The molecule has 0 atom stereocenters. The van der Waals surface area contributed by atoms with Crippen LogP contribution >= 0.6 is 0 Å². The highest BCUT2D eigenvalue weighted by atomic mass is 32.2. The van der Waals surface area contributed by atoms with E-state index in [9.17, 15) is 8.42 Å². The standard InChI is InChI=1S/C7H12N4O2S/c1-2-14(12,13)10-5-7(6-10)11-4-3-8-9-11/h3-4,7H,2,5-6H2,1H3. The van der Waals surface area contributed by atoms with E-state index in [0.29, 0.717) is 13.1 Å². The molecule has 6 nitrogen and oxygen atoms in total. The molecule has 2 heterocycles. The fourth-order valence-electron chi connectivity index (χ4n) is 1.41. The first-order chi connectivity index (χ1) is 6.63. The van der Waals surface area contributed by atoms with Crippen molar-refractivity contribution < 1.29 is 8.42 Å². The molecule has 0 aliphatic carbocycles. The largest absolute Gasteiger partial charge is 0.247 e. The number of nitrogens with zero attached hydrogens (tertiary/aromatic N) is 4. The molecule has 1 aliphatic rings. The Morgan fingerprint density at radius 1 is 1.50 bits per heavy atom. The van der Waals surface area contributed by atoms with Crippen LogP contribution in [0.2, 0.25) is 0 Å². The van der Waals surface area contributed by atoms with Crippen LogP contribution in [0.3, 0.4) is 0 Å². The number of hydrogen-bond donors (Lipinski definition) is 0. The Hall–Kier alpha value is -0.950. The van der Waals surface area contributed by atoms with Crippen LogP contribution in [-0.2, 0) is 10.0 Å². The van der Waals surface area contributed by atoms with Crippen molar-refractivity contribution in [2.45, 2.75) is 13.0 Å². The average Bonchev–Trinajstić information content (AvgIpc) is 2.54.